The number of carbonyl (C=O) groups is 2. The van der Waals surface area contributed by atoms with Crippen molar-refractivity contribution >= 4 is 29.2 Å². The fourth-order valence-electron chi connectivity index (χ4n) is 5.18. The first-order valence-corrected chi connectivity index (χ1v) is 14.5. The minimum absolute atomic E-state index is 0.0392. The van der Waals surface area contributed by atoms with Crippen LogP contribution in [0.3, 0.4) is 0 Å². The third-order valence-electron chi connectivity index (χ3n) is 7.40. The Hall–Kier alpha value is -4.21. The maximum atomic E-state index is 13.7. The molecule has 1 amide bonds. The van der Waals surface area contributed by atoms with E-state index >= 15 is 0 Å². The van der Waals surface area contributed by atoms with Gasteiger partial charge in [0.2, 0.25) is 0 Å². The van der Waals surface area contributed by atoms with Crippen LogP contribution in [0.5, 0.6) is 5.75 Å². The van der Waals surface area contributed by atoms with E-state index in [1.54, 1.807) is 59.4 Å². The van der Waals surface area contributed by atoms with Gasteiger partial charge in [0.1, 0.15) is 17.7 Å². The first kappa shape index (κ1) is 30.3. The van der Waals surface area contributed by atoms with Crippen molar-refractivity contribution in [1.82, 2.24) is 14.7 Å². The molecule has 5 rings (SSSR count). The van der Waals surface area contributed by atoms with Gasteiger partial charge in [-0.3, -0.25) is 14.4 Å². The monoisotopic (exact) mass is 604 g/mol. The Kier molecular flexibility index (Phi) is 8.84. The van der Waals surface area contributed by atoms with Crippen LogP contribution in [0.15, 0.2) is 72.9 Å². The first-order chi connectivity index (χ1) is 20.5. The molecule has 3 aromatic carbocycles. The second-order valence-corrected chi connectivity index (χ2v) is 12.1. The lowest BCUT2D eigenvalue weighted by atomic mass is 10.0. The zero-order valence-electron chi connectivity index (χ0n) is 24.3. The molecule has 43 heavy (non-hydrogen) atoms. The third-order valence-corrected chi connectivity index (χ3v) is 7.77. The number of hydrogen-bond donors (Lipinski definition) is 2. The van der Waals surface area contributed by atoms with E-state index in [2.05, 4.69) is 15.3 Å². The van der Waals surface area contributed by atoms with Gasteiger partial charge < -0.3 is 15.2 Å². The number of rotatable bonds is 8. The second kappa shape index (κ2) is 12.6. The van der Waals surface area contributed by atoms with Crippen molar-refractivity contribution in [2.45, 2.75) is 51.8 Å². The fraction of sp³-hybridized carbons (Fsp3) is 0.303. The zero-order chi connectivity index (χ0) is 30.7. The maximum absolute atomic E-state index is 13.7. The molecule has 1 saturated heterocycles. The van der Waals surface area contributed by atoms with Gasteiger partial charge in [-0.25, -0.2) is 9.18 Å². The Bertz CT molecular complexity index is 1610. The Morgan fingerprint density at radius 1 is 1.05 bits per heavy atom. The molecule has 0 spiro atoms. The number of hydrogen-bond acceptors (Lipinski definition) is 5. The number of carboxylic acids is 1. The molecule has 4 aromatic rings. The van der Waals surface area contributed by atoms with Crippen LogP contribution in [0.25, 0.3) is 11.3 Å². The lowest BCUT2D eigenvalue weighted by Gasteiger charge is -2.32. The van der Waals surface area contributed by atoms with Crippen LogP contribution in [0.4, 0.5) is 10.1 Å². The molecule has 2 N–H and O–H groups in total. The van der Waals surface area contributed by atoms with Crippen molar-refractivity contribution in [3.63, 3.8) is 0 Å². The van der Waals surface area contributed by atoms with E-state index in [0.717, 1.165) is 31.5 Å². The van der Waals surface area contributed by atoms with Crippen LogP contribution in [0.2, 0.25) is 5.02 Å². The number of halogens is 2. The molecule has 1 aromatic heterocycles. The highest BCUT2D eigenvalue weighted by atomic mass is 35.5. The van der Waals surface area contributed by atoms with Crippen molar-refractivity contribution in [2.24, 2.45) is 0 Å². The van der Waals surface area contributed by atoms with Gasteiger partial charge in [0.25, 0.3) is 5.91 Å². The lowest BCUT2D eigenvalue weighted by molar-refractivity contribution is 0.0696. The summed E-state index contributed by atoms with van der Waals surface area (Å²) in [5.74, 6) is -0.981. The predicted molar refractivity (Wildman–Crippen MR) is 164 cm³/mol. The number of amides is 1. The number of carboxylic acid groups (broad SMARTS) is 1. The number of carbonyl (C=O) groups excluding carboxylic acids is 1. The number of aromatic carboxylic acids is 1. The topological polar surface area (TPSA) is 96.7 Å². The summed E-state index contributed by atoms with van der Waals surface area (Å²) < 4.78 is 21.5. The summed E-state index contributed by atoms with van der Waals surface area (Å²) in [6, 6.07) is 17.9. The summed E-state index contributed by atoms with van der Waals surface area (Å²) in [6.07, 6.45) is 3.22. The van der Waals surface area contributed by atoms with Gasteiger partial charge in [-0.05, 0) is 106 Å². The van der Waals surface area contributed by atoms with Crippen molar-refractivity contribution in [3.05, 3.63) is 100 Å². The quantitative estimate of drug-likeness (QED) is 0.223. The summed E-state index contributed by atoms with van der Waals surface area (Å²) in [5, 5.41) is 17.2. The first-order valence-electron chi connectivity index (χ1n) is 14.1. The average Bonchev–Trinajstić information content (AvgIpc) is 3.43. The Morgan fingerprint density at radius 3 is 2.35 bits per heavy atom. The Morgan fingerprint density at radius 2 is 1.72 bits per heavy atom. The van der Waals surface area contributed by atoms with Crippen LogP contribution in [0.1, 0.15) is 59.9 Å². The van der Waals surface area contributed by atoms with Crippen LogP contribution in [-0.4, -0.2) is 50.9 Å². The summed E-state index contributed by atoms with van der Waals surface area (Å²) >= 11 is 6.56. The Balaban J connectivity index is 1.24. The fourth-order valence-corrected chi connectivity index (χ4v) is 5.35. The van der Waals surface area contributed by atoms with Crippen molar-refractivity contribution in [3.8, 4) is 17.0 Å². The summed E-state index contributed by atoms with van der Waals surface area (Å²) in [5.41, 5.74) is 3.03. The van der Waals surface area contributed by atoms with E-state index in [9.17, 15) is 14.0 Å². The molecule has 1 aliphatic rings. The molecule has 0 atom stereocenters. The molecule has 1 fully saturated rings. The molecule has 2 heterocycles. The minimum Gasteiger partial charge on any atom is -0.490 e. The van der Waals surface area contributed by atoms with Gasteiger partial charge >= 0.3 is 5.97 Å². The average molecular weight is 605 g/mol. The molecule has 0 aliphatic carbocycles. The van der Waals surface area contributed by atoms with Crippen molar-refractivity contribution in [2.75, 3.05) is 18.4 Å². The maximum Gasteiger partial charge on any atom is 0.335 e. The molecule has 0 saturated carbocycles. The summed E-state index contributed by atoms with van der Waals surface area (Å²) in [7, 11) is 0. The molecular weight excluding hydrogens is 571 g/mol. The van der Waals surface area contributed by atoms with Crippen LogP contribution in [0, 0.1) is 5.82 Å². The number of benzene rings is 3. The van der Waals surface area contributed by atoms with Crippen molar-refractivity contribution in [1.29, 1.82) is 0 Å². The van der Waals surface area contributed by atoms with Gasteiger partial charge in [0, 0.05) is 35.9 Å². The lowest BCUT2D eigenvalue weighted by Crippen LogP contribution is -2.37. The van der Waals surface area contributed by atoms with Crippen molar-refractivity contribution < 1.29 is 23.8 Å². The highest BCUT2D eigenvalue weighted by Crippen LogP contribution is 2.31. The number of likely N-dealkylation sites (tertiary alicyclic amines) is 1. The highest BCUT2D eigenvalue weighted by Gasteiger charge is 2.26. The van der Waals surface area contributed by atoms with Crippen LogP contribution < -0.4 is 10.1 Å². The smallest absolute Gasteiger partial charge is 0.335 e. The number of nitrogens with zero attached hydrogens (tertiary/aromatic N) is 3. The minimum atomic E-state index is -0.964. The number of anilines is 1. The van der Waals surface area contributed by atoms with Gasteiger partial charge in [0.05, 0.1) is 28.6 Å². The van der Waals surface area contributed by atoms with E-state index in [1.807, 2.05) is 26.8 Å². The molecule has 0 radical (unpaired) electrons. The molecule has 1 aliphatic heterocycles. The van der Waals surface area contributed by atoms with Crippen LogP contribution in [-0.2, 0) is 12.1 Å². The Labute approximate surface area is 255 Å². The van der Waals surface area contributed by atoms with E-state index in [1.165, 1.54) is 12.1 Å². The van der Waals surface area contributed by atoms with E-state index in [-0.39, 0.29) is 23.4 Å². The predicted octanol–water partition coefficient (Wildman–Crippen LogP) is 7.09. The van der Waals surface area contributed by atoms with Crippen LogP contribution >= 0.6 is 11.6 Å². The number of piperidine rings is 1. The molecular formula is C33H34ClFN4O4. The second-order valence-electron chi connectivity index (χ2n) is 11.7. The normalized spacial score (nSPS) is 14.4. The number of nitrogens with one attached hydrogen (secondary N) is 1. The van der Waals surface area contributed by atoms with Gasteiger partial charge in [-0.2, -0.15) is 5.10 Å². The number of aromatic nitrogens is 2. The SMILES string of the molecule is CC(C)(C)n1ncc(C(=O)Nc2ccc(Cl)c(CN3CCC(Oc4ccc(C(=O)O)cc4)CC3)c2)c1-c1ccc(F)cc1. The molecule has 224 valence electrons. The molecule has 8 nitrogen and oxygen atoms in total. The van der Waals surface area contributed by atoms with E-state index < -0.39 is 11.5 Å². The molecule has 10 heteroatoms. The highest BCUT2D eigenvalue weighted by molar-refractivity contribution is 6.31. The van der Waals surface area contributed by atoms with E-state index in [0.29, 0.717) is 39.8 Å². The standard InChI is InChI=1S/C33H34ClFN4O4/c1-33(2,3)39-30(21-4-8-24(35)9-5-21)28(19-36-39)31(40)37-25-10-13-29(34)23(18-25)20-38-16-14-27(15-17-38)43-26-11-6-22(7-12-26)32(41)42/h4-13,18-19,27H,14-17,20H2,1-3H3,(H,37,40)(H,41,42). The number of ether oxygens (including phenoxy) is 1. The summed E-state index contributed by atoms with van der Waals surface area (Å²) in [4.78, 5) is 26.9. The van der Waals surface area contributed by atoms with Gasteiger partial charge in [-0.15, -0.1) is 0 Å². The van der Waals surface area contributed by atoms with Gasteiger partial charge in [-0.1, -0.05) is 11.6 Å². The molecule has 0 unspecified atom stereocenters. The van der Waals surface area contributed by atoms with Gasteiger partial charge in [0.15, 0.2) is 0 Å². The summed E-state index contributed by atoms with van der Waals surface area (Å²) in [6.45, 7) is 8.20. The molecule has 0 bridgehead atoms. The van der Waals surface area contributed by atoms with E-state index in [4.69, 9.17) is 21.4 Å². The zero-order valence-corrected chi connectivity index (χ0v) is 25.1. The third kappa shape index (κ3) is 7.24. The largest absolute Gasteiger partial charge is 0.490 e.